The first-order valence-electron chi connectivity index (χ1n) is 9.08. The minimum atomic E-state index is -3.84. The van der Waals surface area contributed by atoms with Crippen LogP contribution in [0.4, 0.5) is 11.4 Å². The summed E-state index contributed by atoms with van der Waals surface area (Å²) in [6, 6.07) is 20.0. The maximum Gasteiger partial charge on any atom is 0.261 e. The van der Waals surface area contributed by atoms with Crippen LogP contribution in [0.2, 0.25) is 0 Å². The minimum Gasteiger partial charge on any atom is -0.497 e. The van der Waals surface area contributed by atoms with E-state index in [9.17, 15) is 13.2 Å². The monoisotopic (exact) mass is 410 g/mol. The van der Waals surface area contributed by atoms with Crippen molar-refractivity contribution in [1.82, 2.24) is 0 Å². The molecule has 0 aliphatic heterocycles. The molecular formula is C22H22N2O4S. The van der Waals surface area contributed by atoms with Crippen LogP contribution in [0.15, 0.2) is 77.7 Å². The largest absolute Gasteiger partial charge is 0.497 e. The molecule has 0 aliphatic carbocycles. The van der Waals surface area contributed by atoms with Crippen molar-refractivity contribution in [2.45, 2.75) is 18.2 Å². The van der Waals surface area contributed by atoms with E-state index < -0.39 is 10.0 Å². The second-order valence-electron chi connectivity index (χ2n) is 6.37. The predicted molar refractivity (Wildman–Crippen MR) is 114 cm³/mol. The lowest BCUT2D eigenvalue weighted by Gasteiger charge is -2.10. The van der Waals surface area contributed by atoms with Gasteiger partial charge in [0.2, 0.25) is 0 Å². The maximum atomic E-state index is 12.7. The van der Waals surface area contributed by atoms with Crippen molar-refractivity contribution in [3.05, 3.63) is 83.9 Å². The molecule has 0 heterocycles. The van der Waals surface area contributed by atoms with Gasteiger partial charge in [0.15, 0.2) is 0 Å². The Morgan fingerprint density at radius 1 is 0.931 bits per heavy atom. The molecule has 3 aromatic carbocycles. The van der Waals surface area contributed by atoms with Crippen LogP contribution >= 0.6 is 0 Å². The molecular weight excluding hydrogens is 388 g/mol. The van der Waals surface area contributed by atoms with Crippen LogP contribution in [0.5, 0.6) is 5.75 Å². The quantitative estimate of drug-likeness (QED) is 0.608. The Morgan fingerprint density at radius 2 is 1.59 bits per heavy atom. The van der Waals surface area contributed by atoms with E-state index >= 15 is 0 Å². The lowest BCUT2D eigenvalue weighted by molar-refractivity contribution is 0.102. The molecule has 0 atom stereocenters. The zero-order chi connectivity index (χ0) is 20.9. The van der Waals surface area contributed by atoms with Crippen LogP contribution in [0.3, 0.4) is 0 Å². The van der Waals surface area contributed by atoms with Crippen molar-refractivity contribution in [1.29, 1.82) is 0 Å². The first-order chi connectivity index (χ1) is 13.9. The van der Waals surface area contributed by atoms with Crippen molar-refractivity contribution < 1.29 is 17.9 Å². The number of sulfonamides is 1. The fourth-order valence-corrected chi connectivity index (χ4v) is 3.81. The van der Waals surface area contributed by atoms with Crippen LogP contribution < -0.4 is 14.8 Å². The molecule has 0 fully saturated rings. The van der Waals surface area contributed by atoms with Gasteiger partial charge < -0.3 is 10.1 Å². The van der Waals surface area contributed by atoms with Gasteiger partial charge in [0.1, 0.15) is 5.75 Å². The first-order valence-corrected chi connectivity index (χ1v) is 10.6. The minimum absolute atomic E-state index is 0.00213. The molecule has 0 spiro atoms. The lowest BCUT2D eigenvalue weighted by atomic mass is 10.1. The number of benzene rings is 3. The summed E-state index contributed by atoms with van der Waals surface area (Å²) in [6.07, 6.45) is 0.912. The van der Waals surface area contributed by atoms with Gasteiger partial charge in [0.05, 0.1) is 12.0 Å². The summed E-state index contributed by atoms with van der Waals surface area (Å²) in [5, 5.41) is 2.78. The lowest BCUT2D eigenvalue weighted by Crippen LogP contribution is -2.16. The van der Waals surface area contributed by atoms with Crippen LogP contribution in [0, 0.1) is 0 Å². The molecule has 0 unspecified atom stereocenters. The molecule has 1 amide bonds. The maximum absolute atomic E-state index is 12.7. The standard InChI is InChI=1S/C22H22N2O4S/c1-3-16-7-9-18(10-8-16)23-22(25)17-5-4-6-21(15-17)29(26,27)24-19-11-13-20(28-2)14-12-19/h4-15,24H,3H2,1-2H3,(H,23,25). The van der Waals surface area contributed by atoms with E-state index in [1.165, 1.54) is 30.9 Å². The molecule has 0 aliphatic rings. The number of amides is 1. The molecule has 2 N–H and O–H groups in total. The van der Waals surface area contributed by atoms with Crippen LogP contribution in [0.1, 0.15) is 22.8 Å². The molecule has 150 valence electrons. The molecule has 3 rings (SSSR count). The Bertz CT molecular complexity index is 1090. The van der Waals surface area contributed by atoms with Crippen molar-refractivity contribution in [2.75, 3.05) is 17.1 Å². The predicted octanol–water partition coefficient (Wildman–Crippen LogP) is 4.31. The molecule has 0 radical (unpaired) electrons. The zero-order valence-electron chi connectivity index (χ0n) is 16.2. The highest BCUT2D eigenvalue weighted by molar-refractivity contribution is 7.92. The van der Waals surface area contributed by atoms with Gasteiger partial charge in [-0.05, 0) is 66.6 Å². The number of nitrogens with one attached hydrogen (secondary N) is 2. The summed E-state index contributed by atoms with van der Waals surface area (Å²) < 4.78 is 32.9. The highest BCUT2D eigenvalue weighted by Gasteiger charge is 2.17. The Labute approximate surface area is 170 Å². The summed E-state index contributed by atoms with van der Waals surface area (Å²) in [4.78, 5) is 12.5. The summed E-state index contributed by atoms with van der Waals surface area (Å²) in [6.45, 7) is 2.06. The van der Waals surface area contributed by atoms with E-state index in [-0.39, 0.29) is 16.4 Å². The number of aryl methyl sites for hydroxylation is 1. The number of methoxy groups -OCH3 is 1. The van der Waals surface area contributed by atoms with E-state index in [2.05, 4.69) is 17.0 Å². The van der Waals surface area contributed by atoms with E-state index in [1.807, 2.05) is 24.3 Å². The van der Waals surface area contributed by atoms with Crippen LogP contribution in [-0.2, 0) is 16.4 Å². The van der Waals surface area contributed by atoms with Gasteiger partial charge in [-0.1, -0.05) is 25.1 Å². The number of carbonyl (C=O) groups excluding carboxylic acids is 1. The summed E-state index contributed by atoms with van der Waals surface area (Å²) in [7, 11) is -2.31. The topological polar surface area (TPSA) is 84.5 Å². The second kappa shape index (κ2) is 8.79. The molecule has 0 saturated heterocycles. The summed E-state index contributed by atoms with van der Waals surface area (Å²) in [5.41, 5.74) is 2.47. The molecule has 0 saturated carbocycles. The summed E-state index contributed by atoms with van der Waals surface area (Å²) in [5.74, 6) is 0.245. The molecule has 29 heavy (non-hydrogen) atoms. The van der Waals surface area contributed by atoms with E-state index in [4.69, 9.17) is 4.74 Å². The van der Waals surface area contributed by atoms with Crippen molar-refractivity contribution in [2.24, 2.45) is 0 Å². The normalized spacial score (nSPS) is 11.0. The van der Waals surface area contributed by atoms with E-state index in [0.717, 1.165) is 6.42 Å². The SMILES string of the molecule is CCc1ccc(NC(=O)c2cccc(S(=O)(=O)Nc3ccc(OC)cc3)c2)cc1. The molecule has 0 aromatic heterocycles. The van der Waals surface area contributed by atoms with Gasteiger partial charge in [0, 0.05) is 16.9 Å². The van der Waals surface area contributed by atoms with E-state index in [0.29, 0.717) is 17.1 Å². The van der Waals surface area contributed by atoms with Crippen LogP contribution in [-0.4, -0.2) is 21.4 Å². The molecule has 0 bridgehead atoms. The fraction of sp³-hybridized carbons (Fsp3) is 0.136. The Kier molecular flexibility index (Phi) is 6.19. The number of rotatable bonds is 7. The number of hydrogen-bond acceptors (Lipinski definition) is 4. The van der Waals surface area contributed by atoms with Gasteiger partial charge in [-0.2, -0.15) is 0 Å². The van der Waals surface area contributed by atoms with Gasteiger partial charge in [0.25, 0.3) is 15.9 Å². The highest BCUT2D eigenvalue weighted by atomic mass is 32.2. The molecule has 3 aromatic rings. The fourth-order valence-electron chi connectivity index (χ4n) is 2.70. The Balaban J connectivity index is 1.76. The number of anilines is 2. The third-order valence-electron chi connectivity index (χ3n) is 4.37. The van der Waals surface area contributed by atoms with Crippen molar-refractivity contribution in [3.8, 4) is 5.75 Å². The number of carbonyl (C=O) groups is 1. The number of ether oxygens (including phenoxy) is 1. The van der Waals surface area contributed by atoms with E-state index in [1.54, 1.807) is 30.3 Å². The molecule has 6 nitrogen and oxygen atoms in total. The first kappa shape index (κ1) is 20.4. The average molecular weight is 410 g/mol. The van der Waals surface area contributed by atoms with Crippen molar-refractivity contribution in [3.63, 3.8) is 0 Å². The zero-order valence-corrected chi connectivity index (χ0v) is 17.0. The Hall–Kier alpha value is -3.32. The van der Waals surface area contributed by atoms with Gasteiger partial charge in [-0.3, -0.25) is 9.52 Å². The van der Waals surface area contributed by atoms with Gasteiger partial charge in [-0.25, -0.2) is 8.42 Å². The van der Waals surface area contributed by atoms with Gasteiger partial charge >= 0.3 is 0 Å². The van der Waals surface area contributed by atoms with Gasteiger partial charge in [-0.15, -0.1) is 0 Å². The third kappa shape index (κ3) is 5.14. The summed E-state index contributed by atoms with van der Waals surface area (Å²) >= 11 is 0. The smallest absolute Gasteiger partial charge is 0.261 e. The molecule has 7 heteroatoms. The number of hydrogen-bond donors (Lipinski definition) is 2. The second-order valence-corrected chi connectivity index (χ2v) is 8.05. The van der Waals surface area contributed by atoms with Crippen molar-refractivity contribution >= 4 is 27.3 Å². The highest BCUT2D eigenvalue weighted by Crippen LogP contribution is 2.20. The third-order valence-corrected chi connectivity index (χ3v) is 5.75. The average Bonchev–Trinajstić information content (AvgIpc) is 2.74. The van der Waals surface area contributed by atoms with Crippen LogP contribution in [0.25, 0.3) is 0 Å². The Morgan fingerprint density at radius 3 is 2.21 bits per heavy atom.